The highest BCUT2D eigenvalue weighted by Gasteiger charge is 1.95. The van der Waals surface area contributed by atoms with E-state index in [-0.39, 0.29) is 11.1 Å². The van der Waals surface area contributed by atoms with E-state index >= 15 is 0 Å². The van der Waals surface area contributed by atoms with Crippen molar-refractivity contribution in [2.45, 2.75) is 27.2 Å². The SMILES string of the molecule is CC(=O)CC(C)C.ClCCl. The first-order chi connectivity index (χ1) is 4.54. The molecule has 0 saturated carbocycles. The molecule has 0 unspecified atom stereocenters. The molecule has 0 aromatic rings. The Morgan fingerprint density at radius 3 is 1.70 bits per heavy atom. The lowest BCUT2D eigenvalue weighted by Crippen LogP contribution is -1.95. The fraction of sp³-hybridized carbons (Fsp3) is 0.857. The van der Waals surface area contributed by atoms with Gasteiger partial charge < -0.3 is 4.79 Å². The molecule has 0 spiro atoms. The number of alkyl halides is 2. The molecule has 0 aliphatic rings. The molecule has 0 aromatic heterocycles. The third-order valence-electron chi connectivity index (χ3n) is 0.696. The third-order valence-corrected chi connectivity index (χ3v) is 0.696. The molecular formula is C7H14Cl2O. The highest BCUT2D eigenvalue weighted by atomic mass is 35.5. The molecule has 0 aliphatic heterocycles. The van der Waals surface area contributed by atoms with E-state index in [0.717, 1.165) is 6.42 Å². The van der Waals surface area contributed by atoms with E-state index in [1.807, 2.05) is 13.8 Å². The summed E-state index contributed by atoms with van der Waals surface area (Å²) in [5.74, 6) is 0.813. The van der Waals surface area contributed by atoms with E-state index < -0.39 is 0 Å². The maximum absolute atomic E-state index is 10.3. The second-order valence-electron chi connectivity index (χ2n) is 2.40. The van der Waals surface area contributed by atoms with Gasteiger partial charge in [-0.15, -0.1) is 23.2 Å². The predicted octanol–water partition coefficient (Wildman–Crippen LogP) is 3.04. The van der Waals surface area contributed by atoms with Crippen LogP contribution in [0.25, 0.3) is 0 Å². The summed E-state index contributed by atoms with van der Waals surface area (Å²) in [6, 6.07) is 0. The summed E-state index contributed by atoms with van der Waals surface area (Å²) in [4.78, 5) is 10.3. The first kappa shape index (κ1) is 12.9. The Kier molecular flexibility index (Phi) is 11.9. The van der Waals surface area contributed by atoms with Gasteiger partial charge in [0.2, 0.25) is 0 Å². The van der Waals surface area contributed by atoms with Crippen LogP contribution in [0.15, 0.2) is 0 Å². The summed E-state index contributed by atoms with van der Waals surface area (Å²) >= 11 is 9.53. The maximum Gasteiger partial charge on any atom is 0.130 e. The summed E-state index contributed by atoms with van der Waals surface area (Å²) in [5, 5.41) is 0.194. The number of carbonyl (C=O) groups is 1. The van der Waals surface area contributed by atoms with Crippen molar-refractivity contribution in [3.05, 3.63) is 0 Å². The Bertz CT molecular complexity index is 81.7. The standard InChI is InChI=1S/C6H12O.CH2Cl2/c1-5(2)4-6(3)7;2-1-3/h5H,4H2,1-3H3;1H2. The van der Waals surface area contributed by atoms with Crippen molar-refractivity contribution >= 4 is 29.0 Å². The molecule has 0 fully saturated rings. The fourth-order valence-corrected chi connectivity index (χ4v) is 0.575. The summed E-state index contributed by atoms with van der Waals surface area (Å²) in [7, 11) is 0. The molecule has 0 aromatic carbocycles. The molecule has 10 heavy (non-hydrogen) atoms. The Hall–Kier alpha value is 0.250. The van der Waals surface area contributed by atoms with Gasteiger partial charge in [-0.1, -0.05) is 13.8 Å². The van der Waals surface area contributed by atoms with Crippen molar-refractivity contribution < 1.29 is 4.79 Å². The summed E-state index contributed by atoms with van der Waals surface area (Å²) < 4.78 is 0. The van der Waals surface area contributed by atoms with E-state index in [1.165, 1.54) is 0 Å². The number of Topliss-reactive ketones (excluding diaryl/α,β-unsaturated/α-hetero) is 1. The second kappa shape index (κ2) is 9.25. The molecule has 62 valence electrons. The van der Waals surface area contributed by atoms with Crippen LogP contribution in [0.4, 0.5) is 0 Å². The zero-order valence-corrected chi connectivity index (χ0v) is 8.17. The van der Waals surface area contributed by atoms with Gasteiger partial charge in [-0.25, -0.2) is 0 Å². The first-order valence-electron chi connectivity index (χ1n) is 3.16. The van der Waals surface area contributed by atoms with Crippen molar-refractivity contribution in [1.82, 2.24) is 0 Å². The highest BCUT2D eigenvalue weighted by molar-refractivity contribution is 6.40. The van der Waals surface area contributed by atoms with Crippen LogP contribution in [0.2, 0.25) is 0 Å². The second-order valence-corrected chi connectivity index (χ2v) is 3.21. The van der Waals surface area contributed by atoms with Crippen LogP contribution in [-0.4, -0.2) is 11.1 Å². The van der Waals surface area contributed by atoms with Crippen molar-refractivity contribution in [3.63, 3.8) is 0 Å². The van der Waals surface area contributed by atoms with Crippen LogP contribution in [0.1, 0.15) is 27.2 Å². The lowest BCUT2D eigenvalue weighted by Gasteiger charge is -1.95. The highest BCUT2D eigenvalue weighted by Crippen LogP contribution is 1.97. The lowest BCUT2D eigenvalue weighted by molar-refractivity contribution is -0.117. The number of halogens is 2. The van der Waals surface area contributed by atoms with Gasteiger partial charge in [0, 0.05) is 6.42 Å². The minimum Gasteiger partial charge on any atom is -0.300 e. The van der Waals surface area contributed by atoms with Crippen LogP contribution in [0.3, 0.4) is 0 Å². The van der Waals surface area contributed by atoms with Gasteiger partial charge in [0.1, 0.15) is 5.78 Å². The van der Waals surface area contributed by atoms with Crippen LogP contribution < -0.4 is 0 Å². The number of ketones is 1. The molecule has 0 bridgehead atoms. The monoisotopic (exact) mass is 184 g/mol. The van der Waals surface area contributed by atoms with E-state index in [0.29, 0.717) is 5.92 Å². The molecule has 0 rings (SSSR count). The normalized spacial score (nSPS) is 8.60. The van der Waals surface area contributed by atoms with E-state index in [9.17, 15) is 4.79 Å². The van der Waals surface area contributed by atoms with Gasteiger partial charge in [0.25, 0.3) is 0 Å². The number of hydrogen-bond donors (Lipinski definition) is 0. The molecule has 0 aliphatic carbocycles. The summed E-state index contributed by atoms with van der Waals surface area (Å²) in [6.45, 7) is 5.71. The molecule has 0 amide bonds. The molecule has 0 N–H and O–H groups in total. The predicted molar refractivity (Wildman–Crippen MR) is 46.7 cm³/mol. The molecule has 3 heteroatoms. The van der Waals surface area contributed by atoms with Gasteiger partial charge in [0.05, 0.1) is 5.34 Å². The van der Waals surface area contributed by atoms with Crippen molar-refractivity contribution in [1.29, 1.82) is 0 Å². The fourth-order valence-electron chi connectivity index (χ4n) is 0.575. The lowest BCUT2D eigenvalue weighted by atomic mass is 10.1. The average molecular weight is 185 g/mol. The molecule has 0 saturated heterocycles. The first-order valence-corrected chi connectivity index (χ1v) is 4.22. The summed E-state index contributed by atoms with van der Waals surface area (Å²) in [6.07, 6.45) is 0.722. The van der Waals surface area contributed by atoms with Gasteiger partial charge in [-0.2, -0.15) is 0 Å². The van der Waals surface area contributed by atoms with Crippen LogP contribution >= 0.6 is 23.2 Å². The molecule has 0 heterocycles. The zero-order chi connectivity index (χ0) is 8.57. The minimum absolute atomic E-state index is 0.194. The van der Waals surface area contributed by atoms with E-state index in [4.69, 9.17) is 23.2 Å². The average Bonchev–Trinajstić information content (AvgIpc) is 1.62. The summed E-state index contributed by atoms with van der Waals surface area (Å²) in [5.41, 5.74) is 0. The Morgan fingerprint density at radius 2 is 1.70 bits per heavy atom. The van der Waals surface area contributed by atoms with Gasteiger partial charge >= 0.3 is 0 Å². The van der Waals surface area contributed by atoms with Crippen LogP contribution in [0.5, 0.6) is 0 Å². The third kappa shape index (κ3) is 24.0. The number of rotatable bonds is 2. The number of hydrogen-bond acceptors (Lipinski definition) is 1. The maximum atomic E-state index is 10.3. The van der Waals surface area contributed by atoms with Gasteiger partial charge in [0.15, 0.2) is 0 Å². The van der Waals surface area contributed by atoms with Gasteiger partial charge in [-0.05, 0) is 12.8 Å². The number of carbonyl (C=O) groups excluding carboxylic acids is 1. The quantitative estimate of drug-likeness (QED) is 0.604. The molecule has 0 atom stereocenters. The van der Waals surface area contributed by atoms with Gasteiger partial charge in [-0.3, -0.25) is 0 Å². The largest absolute Gasteiger partial charge is 0.300 e. The Balaban J connectivity index is 0. The molecule has 0 radical (unpaired) electrons. The van der Waals surface area contributed by atoms with Crippen LogP contribution in [0, 0.1) is 5.92 Å². The molecular weight excluding hydrogens is 171 g/mol. The van der Waals surface area contributed by atoms with Crippen molar-refractivity contribution in [2.24, 2.45) is 5.92 Å². The van der Waals surface area contributed by atoms with E-state index in [1.54, 1.807) is 6.92 Å². The van der Waals surface area contributed by atoms with Crippen LogP contribution in [-0.2, 0) is 4.79 Å². The van der Waals surface area contributed by atoms with E-state index in [2.05, 4.69) is 0 Å². The van der Waals surface area contributed by atoms with Crippen molar-refractivity contribution in [2.75, 3.05) is 5.34 Å². The Labute approximate surface area is 72.7 Å². The minimum atomic E-state index is 0.194. The molecule has 1 nitrogen and oxygen atoms in total. The van der Waals surface area contributed by atoms with Crippen molar-refractivity contribution in [3.8, 4) is 0 Å². The zero-order valence-electron chi connectivity index (χ0n) is 6.66. The smallest absolute Gasteiger partial charge is 0.130 e. The topological polar surface area (TPSA) is 17.1 Å². The Morgan fingerprint density at radius 1 is 1.40 bits per heavy atom.